The van der Waals surface area contributed by atoms with Crippen molar-refractivity contribution < 1.29 is 28.4 Å². The Bertz CT molecular complexity index is 827. The SMILES string of the molecule is CN(CC(=O)N1CCOCC1)C(=O)COC(=O)Cc1noc2ccccc12. The lowest BCUT2D eigenvalue weighted by Gasteiger charge is -2.28. The minimum atomic E-state index is -0.588. The number of benzene rings is 1. The Morgan fingerprint density at radius 3 is 2.74 bits per heavy atom. The van der Waals surface area contributed by atoms with E-state index in [0.717, 1.165) is 5.39 Å². The maximum Gasteiger partial charge on any atom is 0.312 e. The fraction of sp³-hybridized carbons (Fsp3) is 0.444. The van der Waals surface area contributed by atoms with Gasteiger partial charge in [0.1, 0.15) is 5.69 Å². The van der Waals surface area contributed by atoms with E-state index in [9.17, 15) is 14.4 Å². The van der Waals surface area contributed by atoms with Crippen LogP contribution in [0.5, 0.6) is 0 Å². The van der Waals surface area contributed by atoms with Gasteiger partial charge < -0.3 is 23.8 Å². The number of fused-ring (bicyclic) bond motifs is 1. The Labute approximate surface area is 155 Å². The van der Waals surface area contributed by atoms with Crippen molar-refractivity contribution >= 4 is 28.8 Å². The van der Waals surface area contributed by atoms with Crippen LogP contribution >= 0.6 is 0 Å². The van der Waals surface area contributed by atoms with Crippen molar-refractivity contribution in [3.8, 4) is 0 Å². The molecule has 1 fully saturated rings. The second-order valence-electron chi connectivity index (χ2n) is 6.21. The lowest BCUT2D eigenvalue weighted by Crippen LogP contribution is -2.46. The van der Waals surface area contributed by atoms with E-state index < -0.39 is 18.5 Å². The number of carbonyl (C=O) groups is 3. The van der Waals surface area contributed by atoms with E-state index >= 15 is 0 Å². The molecule has 9 heteroatoms. The summed E-state index contributed by atoms with van der Waals surface area (Å²) in [5.74, 6) is -1.19. The third kappa shape index (κ3) is 4.82. The molecule has 144 valence electrons. The lowest BCUT2D eigenvalue weighted by atomic mass is 10.2. The molecule has 2 amide bonds. The van der Waals surface area contributed by atoms with E-state index in [4.69, 9.17) is 14.0 Å². The van der Waals surface area contributed by atoms with Crippen molar-refractivity contribution in [2.45, 2.75) is 6.42 Å². The van der Waals surface area contributed by atoms with Gasteiger partial charge in [0.05, 0.1) is 26.2 Å². The zero-order valence-electron chi connectivity index (χ0n) is 15.1. The summed E-state index contributed by atoms with van der Waals surface area (Å²) in [6.07, 6.45) is -0.0965. The molecular weight excluding hydrogens is 354 g/mol. The average Bonchev–Trinajstić information content (AvgIpc) is 3.09. The number of likely N-dealkylation sites (N-methyl/N-ethyl adjacent to an activating group) is 1. The molecule has 0 saturated carbocycles. The van der Waals surface area contributed by atoms with Gasteiger partial charge in [0.2, 0.25) is 5.91 Å². The molecule has 9 nitrogen and oxygen atoms in total. The topological polar surface area (TPSA) is 102 Å². The van der Waals surface area contributed by atoms with E-state index in [0.29, 0.717) is 37.6 Å². The van der Waals surface area contributed by atoms with Crippen LogP contribution in [-0.4, -0.2) is 79.2 Å². The summed E-state index contributed by atoms with van der Waals surface area (Å²) in [5.41, 5.74) is 1.04. The van der Waals surface area contributed by atoms with Gasteiger partial charge in [0.25, 0.3) is 5.91 Å². The first kappa shape index (κ1) is 18.8. The summed E-state index contributed by atoms with van der Waals surface area (Å²) in [5, 5.41) is 4.59. The zero-order valence-corrected chi connectivity index (χ0v) is 15.1. The van der Waals surface area contributed by atoms with Gasteiger partial charge in [0.15, 0.2) is 12.2 Å². The number of rotatable bonds is 6. The molecule has 0 spiro atoms. The molecule has 27 heavy (non-hydrogen) atoms. The first-order valence-electron chi connectivity index (χ1n) is 8.63. The van der Waals surface area contributed by atoms with Crippen molar-refractivity contribution in [1.82, 2.24) is 15.0 Å². The number of hydrogen-bond acceptors (Lipinski definition) is 7. The van der Waals surface area contributed by atoms with Gasteiger partial charge in [-0.1, -0.05) is 17.3 Å². The number of para-hydroxylation sites is 1. The van der Waals surface area contributed by atoms with Crippen LogP contribution in [0.15, 0.2) is 28.8 Å². The molecule has 1 aromatic heterocycles. The van der Waals surface area contributed by atoms with Gasteiger partial charge in [-0.3, -0.25) is 14.4 Å². The predicted molar refractivity (Wildman–Crippen MR) is 93.7 cm³/mol. The molecule has 1 aliphatic rings. The third-order valence-electron chi connectivity index (χ3n) is 4.28. The van der Waals surface area contributed by atoms with E-state index in [2.05, 4.69) is 5.16 Å². The minimum absolute atomic E-state index is 0.0652. The summed E-state index contributed by atoms with van der Waals surface area (Å²) in [6.45, 7) is 1.53. The summed E-state index contributed by atoms with van der Waals surface area (Å²) in [4.78, 5) is 39.1. The molecule has 0 unspecified atom stereocenters. The number of morpholine rings is 1. The molecule has 2 heterocycles. The number of nitrogens with zero attached hydrogens (tertiary/aromatic N) is 3. The molecule has 1 aliphatic heterocycles. The number of carbonyl (C=O) groups excluding carboxylic acids is 3. The Morgan fingerprint density at radius 1 is 1.22 bits per heavy atom. The highest BCUT2D eigenvalue weighted by Gasteiger charge is 2.21. The van der Waals surface area contributed by atoms with Crippen molar-refractivity contribution in [2.24, 2.45) is 0 Å². The fourth-order valence-corrected chi connectivity index (χ4v) is 2.71. The number of hydrogen-bond donors (Lipinski definition) is 0. The van der Waals surface area contributed by atoms with E-state index in [1.165, 1.54) is 11.9 Å². The molecule has 3 rings (SSSR count). The molecule has 0 atom stereocenters. The van der Waals surface area contributed by atoms with E-state index in [1.807, 2.05) is 12.1 Å². The fourth-order valence-electron chi connectivity index (χ4n) is 2.71. The Morgan fingerprint density at radius 2 is 1.96 bits per heavy atom. The van der Waals surface area contributed by atoms with Crippen LogP contribution in [0, 0.1) is 0 Å². The smallest absolute Gasteiger partial charge is 0.312 e. The summed E-state index contributed by atoms with van der Waals surface area (Å²) < 4.78 is 15.3. The maximum absolute atomic E-state index is 12.1. The van der Waals surface area contributed by atoms with Gasteiger partial charge >= 0.3 is 5.97 Å². The van der Waals surface area contributed by atoms with Gasteiger partial charge in [-0.15, -0.1) is 0 Å². The van der Waals surface area contributed by atoms with E-state index in [-0.39, 0.29) is 18.9 Å². The number of aromatic nitrogens is 1. The maximum atomic E-state index is 12.1. The normalized spacial score (nSPS) is 14.2. The van der Waals surface area contributed by atoms with Crippen LogP contribution in [0.4, 0.5) is 0 Å². The van der Waals surface area contributed by atoms with Crippen LogP contribution in [0.2, 0.25) is 0 Å². The molecule has 1 saturated heterocycles. The highest BCUT2D eigenvalue weighted by Crippen LogP contribution is 2.18. The molecule has 1 aromatic carbocycles. The summed E-state index contributed by atoms with van der Waals surface area (Å²) in [7, 11) is 1.50. The third-order valence-corrected chi connectivity index (χ3v) is 4.28. The number of amides is 2. The quantitative estimate of drug-likeness (QED) is 0.666. The van der Waals surface area contributed by atoms with Crippen molar-refractivity contribution in [3.05, 3.63) is 30.0 Å². The molecular formula is C18H21N3O6. The van der Waals surface area contributed by atoms with E-state index in [1.54, 1.807) is 17.0 Å². The predicted octanol–water partition coefficient (Wildman–Crippen LogP) is 0.231. The van der Waals surface area contributed by atoms with Gasteiger partial charge in [-0.05, 0) is 12.1 Å². The Hall–Kier alpha value is -2.94. The first-order chi connectivity index (χ1) is 13.0. The molecule has 2 aromatic rings. The molecule has 0 aliphatic carbocycles. The molecule has 0 bridgehead atoms. The lowest BCUT2D eigenvalue weighted by molar-refractivity contribution is -0.152. The highest BCUT2D eigenvalue weighted by molar-refractivity contribution is 5.87. The summed E-state index contributed by atoms with van der Waals surface area (Å²) >= 11 is 0. The number of ether oxygens (including phenoxy) is 2. The zero-order chi connectivity index (χ0) is 19.2. The largest absolute Gasteiger partial charge is 0.455 e. The average molecular weight is 375 g/mol. The van der Waals surface area contributed by atoms with Crippen molar-refractivity contribution in [3.63, 3.8) is 0 Å². The second kappa shape index (κ2) is 8.63. The number of esters is 1. The van der Waals surface area contributed by atoms with Crippen molar-refractivity contribution in [1.29, 1.82) is 0 Å². The standard InChI is InChI=1S/C18H21N3O6/c1-20(11-16(22)21-6-8-25-9-7-21)17(23)12-26-18(24)10-14-13-4-2-3-5-15(13)27-19-14/h2-5H,6-12H2,1H3. The minimum Gasteiger partial charge on any atom is -0.455 e. The van der Waals surface area contributed by atoms with Crippen LogP contribution in [0.1, 0.15) is 5.69 Å². The van der Waals surface area contributed by atoms with Crippen molar-refractivity contribution in [2.75, 3.05) is 46.5 Å². The monoisotopic (exact) mass is 375 g/mol. The van der Waals surface area contributed by atoms with Crippen LogP contribution in [0.25, 0.3) is 11.0 Å². The van der Waals surface area contributed by atoms with Crippen LogP contribution < -0.4 is 0 Å². The highest BCUT2D eigenvalue weighted by atomic mass is 16.5. The Balaban J connectivity index is 1.45. The second-order valence-corrected chi connectivity index (χ2v) is 6.21. The summed E-state index contributed by atoms with van der Waals surface area (Å²) in [6, 6.07) is 7.17. The van der Waals surface area contributed by atoms with Gasteiger partial charge in [0, 0.05) is 25.5 Å². The van der Waals surface area contributed by atoms with Gasteiger partial charge in [-0.25, -0.2) is 0 Å². The van der Waals surface area contributed by atoms with Crippen LogP contribution in [0.3, 0.4) is 0 Å². The van der Waals surface area contributed by atoms with Gasteiger partial charge in [-0.2, -0.15) is 0 Å². The molecule has 0 radical (unpaired) electrons. The Kier molecular flexibility index (Phi) is 6.02. The first-order valence-corrected chi connectivity index (χ1v) is 8.63. The molecule has 0 N–H and O–H groups in total. The van der Waals surface area contributed by atoms with Crippen LogP contribution in [-0.2, 0) is 30.3 Å².